The highest BCUT2D eigenvalue weighted by molar-refractivity contribution is 5.88. The molecule has 0 bridgehead atoms. The molecule has 1 aliphatic heterocycles. The summed E-state index contributed by atoms with van der Waals surface area (Å²) in [6.07, 6.45) is 1.58. The Kier molecular flexibility index (Phi) is 5.82. The van der Waals surface area contributed by atoms with Gasteiger partial charge in [-0.2, -0.15) is 4.98 Å². The Morgan fingerprint density at radius 3 is 2.42 bits per heavy atom. The first-order valence-electron chi connectivity index (χ1n) is 13.2. The number of anilines is 3. The van der Waals surface area contributed by atoms with Crippen LogP contribution in [0.4, 0.5) is 17.3 Å². The maximum absolute atomic E-state index is 13.9. The van der Waals surface area contributed by atoms with Crippen molar-refractivity contribution in [3.05, 3.63) is 89.3 Å². The van der Waals surface area contributed by atoms with Gasteiger partial charge in [0.25, 0.3) is 5.56 Å². The molecule has 3 aromatic heterocycles. The topological polar surface area (TPSA) is 92.8 Å². The number of likely N-dealkylation sites (N-methyl/N-ethyl adjacent to an activating group) is 1. The van der Waals surface area contributed by atoms with Crippen LogP contribution in [0.2, 0.25) is 0 Å². The smallest absolute Gasteiger partial charge is 0.270 e. The average molecular weight is 533 g/mol. The summed E-state index contributed by atoms with van der Waals surface area (Å²) in [5.74, 6) is 1.41. The fourth-order valence-electron chi connectivity index (χ4n) is 5.32. The number of methoxy groups -OCH3 is 1. The Morgan fingerprint density at radius 2 is 1.62 bits per heavy atom. The van der Waals surface area contributed by atoms with Crippen LogP contribution in [0.5, 0.6) is 5.75 Å². The molecule has 0 spiro atoms. The van der Waals surface area contributed by atoms with E-state index in [1.165, 1.54) is 5.69 Å². The van der Waals surface area contributed by atoms with Crippen LogP contribution in [-0.2, 0) is 0 Å². The van der Waals surface area contributed by atoms with Crippen LogP contribution in [-0.4, -0.2) is 69.2 Å². The number of imidazole rings is 1. The third-order valence-electron chi connectivity index (χ3n) is 7.47. The minimum absolute atomic E-state index is 0.273. The zero-order valence-electron chi connectivity index (χ0n) is 22.3. The number of benzene rings is 3. The van der Waals surface area contributed by atoms with Crippen molar-refractivity contribution in [3.63, 3.8) is 0 Å². The van der Waals surface area contributed by atoms with Gasteiger partial charge in [0, 0.05) is 43.8 Å². The van der Waals surface area contributed by atoms with Crippen LogP contribution < -0.4 is 20.5 Å². The van der Waals surface area contributed by atoms with Gasteiger partial charge in [0.1, 0.15) is 11.1 Å². The van der Waals surface area contributed by atoms with Gasteiger partial charge >= 0.3 is 0 Å². The van der Waals surface area contributed by atoms with Gasteiger partial charge in [0.15, 0.2) is 5.65 Å². The fraction of sp³-hybridized carbons (Fsp3) is 0.200. The van der Waals surface area contributed by atoms with Crippen LogP contribution >= 0.6 is 0 Å². The molecular formula is C30H28N8O2. The van der Waals surface area contributed by atoms with E-state index in [9.17, 15) is 4.79 Å². The lowest BCUT2D eigenvalue weighted by molar-refractivity contribution is 0.313. The van der Waals surface area contributed by atoms with Crippen molar-refractivity contribution in [2.45, 2.75) is 0 Å². The standard InChI is InChI=1S/C30H28N8O2/c1-35-15-17-36(18-16-35)21-13-11-20(12-14-21)32-29-31-19-22-27(34-29)37-24-8-4-3-7-23(24)33-30(37)38(28(22)39)25-9-5-6-10-26(25)40-2/h3-14,19H,15-18H2,1-2H3,(H,31,32,34). The van der Waals surface area contributed by atoms with Crippen LogP contribution in [0.15, 0.2) is 83.8 Å². The largest absolute Gasteiger partial charge is 0.495 e. The summed E-state index contributed by atoms with van der Waals surface area (Å²) in [4.78, 5) is 32.8. The molecule has 0 amide bonds. The summed E-state index contributed by atoms with van der Waals surface area (Å²) >= 11 is 0. The molecule has 0 aliphatic carbocycles. The van der Waals surface area contributed by atoms with Gasteiger partial charge in [-0.25, -0.2) is 14.5 Å². The van der Waals surface area contributed by atoms with Crippen LogP contribution in [0, 0.1) is 0 Å². The number of nitrogens with zero attached hydrogens (tertiary/aromatic N) is 7. The van der Waals surface area contributed by atoms with Gasteiger partial charge < -0.3 is 19.9 Å². The van der Waals surface area contributed by atoms with E-state index in [4.69, 9.17) is 14.7 Å². The summed E-state index contributed by atoms with van der Waals surface area (Å²) in [6.45, 7) is 4.14. The molecule has 200 valence electrons. The minimum Gasteiger partial charge on any atom is -0.495 e. The van der Waals surface area contributed by atoms with Gasteiger partial charge in [-0.3, -0.25) is 9.20 Å². The number of piperazine rings is 1. The first-order chi connectivity index (χ1) is 19.6. The molecule has 0 radical (unpaired) electrons. The lowest BCUT2D eigenvalue weighted by Gasteiger charge is -2.34. The highest BCUT2D eigenvalue weighted by atomic mass is 16.5. The second kappa shape index (κ2) is 9.65. The predicted molar refractivity (Wildman–Crippen MR) is 157 cm³/mol. The van der Waals surface area contributed by atoms with Crippen molar-refractivity contribution in [1.29, 1.82) is 0 Å². The number of hydrogen-bond acceptors (Lipinski definition) is 8. The van der Waals surface area contributed by atoms with E-state index in [1.807, 2.05) is 65.1 Å². The minimum atomic E-state index is -0.273. The van der Waals surface area contributed by atoms with E-state index in [2.05, 4.69) is 39.3 Å². The second-order valence-corrected chi connectivity index (χ2v) is 9.94. The van der Waals surface area contributed by atoms with Crippen molar-refractivity contribution in [1.82, 2.24) is 28.8 Å². The van der Waals surface area contributed by atoms with E-state index < -0.39 is 0 Å². The first-order valence-corrected chi connectivity index (χ1v) is 13.2. The van der Waals surface area contributed by atoms with E-state index >= 15 is 0 Å². The number of hydrogen-bond donors (Lipinski definition) is 1. The average Bonchev–Trinajstić information content (AvgIpc) is 3.38. The monoisotopic (exact) mass is 532 g/mol. The predicted octanol–water partition coefficient (Wildman–Crippen LogP) is 4.09. The highest BCUT2D eigenvalue weighted by Crippen LogP contribution is 2.27. The van der Waals surface area contributed by atoms with E-state index in [0.717, 1.165) is 42.9 Å². The Hall–Kier alpha value is -4.96. The summed E-state index contributed by atoms with van der Waals surface area (Å²) in [6, 6.07) is 23.5. The summed E-state index contributed by atoms with van der Waals surface area (Å²) in [7, 11) is 3.74. The Morgan fingerprint density at radius 1 is 0.875 bits per heavy atom. The zero-order chi connectivity index (χ0) is 27.2. The van der Waals surface area contributed by atoms with E-state index in [1.54, 1.807) is 17.9 Å². The summed E-state index contributed by atoms with van der Waals surface area (Å²) in [5.41, 5.74) is 4.46. The molecule has 1 N–H and O–H groups in total. The van der Waals surface area contributed by atoms with Crippen molar-refractivity contribution in [3.8, 4) is 11.4 Å². The summed E-state index contributed by atoms with van der Waals surface area (Å²) < 4.78 is 9.05. The Bertz CT molecular complexity index is 1920. The molecule has 3 aromatic carbocycles. The fourth-order valence-corrected chi connectivity index (χ4v) is 5.32. The number of aromatic nitrogens is 5. The maximum atomic E-state index is 13.9. The van der Waals surface area contributed by atoms with Gasteiger partial charge in [0.05, 0.1) is 23.8 Å². The quantitative estimate of drug-likeness (QED) is 0.355. The molecular weight excluding hydrogens is 504 g/mol. The van der Waals surface area contributed by atoms with Crippen molar-refractivity contribution >= 4 is 45.2 Å². The van der Waals surface area contributed by atoms with Crippen LogP contribution in [0.3, 0.4) is 0 Å². The first kappa shape index (κ1) is 24.1. The third kappa shape index (κ3) is 4.00. The normalized spacial score (nSPS) is 14.3. The molecule has 1 saturated heterocycles. The lowest BCUT2D eigenvalue weighted by atomic mass is 10.2. The van der Waals surface area contributed by atoms with Gasteiger partial charge in [0.2, 0.25) is 11.7 Å². The number of rotatable bonds is 5. The van der Waals surface area contributed by atoms with Crippen LogP contribution in [0.25, 0.3) is 33.5 Å². The maximum Gasteiger partial charge on any atom is 0.270 e. The van der Waals surface area contributed by atoms with Gasteiger partial charge in [-0.15, -0.1) is 0 Å². The molecule has 0 unspecified atom stereocenters. The molecule has 1 fully saturated rings. The second-order valence-electron chi connectivity index (χ2n) is 9.94. The van der Waals surface area contributed by atoms with Gasteiger partial charge in [-0.1, -0.05) is 24.3 Å². The lowest BCUT2D eigenvalue weighted by Crippen LogP contribution is -2.44. The SMILES string of the molecule is COc1ccccc1-n1c(=O)c2cnc(Nc3ccc(N4CCN(C)CC4)cc3)nc2n2c3ccccc3nc12. The molecule has 10 heteroatoms. The molecule has 4 heterocycles. The number of para-hydroxylation sites is 4. The molecule has 0 atom stereocenters. The Labute approximate surface area is 230 Å². The number of fused-ring (bicyclic) bond motifs is 5. The van der Waals surface area contributed by atoms with E-state index in [0.29, 0.717) is 34.2 Å². The van der Waals surface area contributed by atoms with Crippen LogP contribution in [0.1, 0.15) is 0 Å². The molecule has 6 aromatic rings. The van der Waals surface area contributed by atoms with Crippen molar-refractivity contribution in [2.24, 2.45) is 0 Å². The highest BCUT2D eigenvalue weighted by Gasteiger charge is 2.20. The Balaban J connectivity index is 1.34. The molecule has 10 nitrogen and oxygen atoms in total. The third-order valence-corrected chi connectivity index (χ3v) is 7.47. The molecule has 1 aliphatic rings. The number of nitrogens with one attached hydrogen (secondary N) is 1. The molecule has 7 rings (SSSR count). The van der Waals surface area contributed by atoms with Crippen molar-refractivity contribution < 1.29 is 4.74 Å². The molecule has 40 heavy (non-hydrogen) atoms. The number of ether oxygens (including phenoxy) is 1. The van der Waals surface area contributed by atoms with E-state index in [-0.39, 0.29) is 5.56 Å². The summed E-state index contributed by atoms with van der Waals surface area (Å²) in [5, 5.41) is 3.68. The zero-order valence-corrected chi connectivity index (χ0v) is 22.3. The van der Waals surface area contributed by atoms with Gasteiger partial charge in [-0.05, 0) is 55.6 Å². The molecule has 0 saturated carbocycles. The van der Waals surface area contributed by atoms with Crippen molar-refractivity contribution in [2.75, 3.05) is 50.6 Å².